The number of nitrogens with zero attached hydrogens (tertiary/aromatic N) is 1. The Bertz CT molecular complexity index is 257. The van der Waals surface area contributed by atoms with E-state index in [-0.39, 0.29) is 6.10 Å². The van der Waals surface area contributed by atoms with Gasteiger partial charge in [0.2, 0.25) is 0 Å². The topological polar surface area (TPSA) is 45.1 Å². The molecule has 0 atom stereocenters. The van der Waals surface area contributed by atoms with Gasteiger partial charge in [-0.2, -0.15) is 0 Å². The molecule has 1 saturated carbocycles. The van der Waals surface area contributed by atoms with Gasteiger partial charge in [0.1, 0.15) is 0 Å². The molecule has 1 aromatic heterocycles. The highest BCUT2D eigenvalue weighted by Crippen LogP contribution is 2.19. The summed E-state index contributed by atoms with van der Waals surface area (Å²) < 4.78 is 0. The van der Waals surface area contributed by atoms with Crippen LogP contribution in [0.5, 0.6) is 0 Å². The first kappa shape index (κ1) is 8.66. The Morgan fingerprint density at radius 1 is 1.54 bits per heavy atom. The van der Waals surface area contributed by atoms with Gasteiger partial charge in [-0.3, -0.25) is 4.98 Å². The molecule has 0 aliphatic heterocycles. The fourth-order valence-electron chi connectivity index (χ4n) is 1.52. The van der Waals surface area contributed by atoms with Crippen LogP contribution in [0.1, 0.15) is 18.4 Å². The lowest BCUT2D eigenvalue weighted by molar-refractivity contribution is 0.0619. The zero-order chi connectivity index (χ0) is 9.10. The average molecular weight is 178 g/mol. The maximum atomic E-state index is 9.06. The van der Waals surface area contributed by atoms with Crippen molar-refractivity contribution in [3.63, 3.8) is 0 Å². The van der Waals surface area contributed by atoms with E-state index >= 15 is 0 Å². The molecule has 0 spiro atoms. The Kier molecular flexibility index (Phi) is 2.57. The molecule has 1 fully saturated rings. The molecule has 2 N–H and O–H groups in total. The molecule has 0 radical (unpaired) electrons. The van der Waals surface area contributed by atoms with Crippen molar-refractivity contribution in [1.29, 1.82) is 0 Å². The third kappa shape index (κ3) is 2.26. The summed E-state index contributed by atoms with van der Waals surface area (Å²) in [5.74, 6) is 0. The predicted octanol–water partition coefficient (Wildman–Crippen LogP) is 0.694. The Hall–Kier alpha value is -0.930. The van der Waals surface area contributed by atoms with Gasteiger partial charge in [-0.25, -0.2) is 0 Å². The molecule has 13 heavy (non-hydrogen) atoms. The van der Waals surface area contributed by atoms with E-state index in [2.05, 4.69) is 16.4 Å². The lowest BCUT2D eigenvalue weighted by atomic mass is 9.89. The molecule has 0 saturated heterocycles. The molecule has 2 rings (SSSR count). The summed E-state index contributed by atoms with van der Waals surface area (Å²) in [5.41, 5.74) is 1.20. The minimum atomic E-state index is -0.0774. The second-order valence-corrected chi connectivity index (χ2v) is 3.56. The molecular weight excluding hydrogens is 164 g/mol. The molecule has 70 valence electrons. The van der Waals surface area contributed by atoms with Crippen LogP contribution in [-0.2, 0) is 6.54 Å². The van der Waals surface area contributed by atoms with E-state index in [0.29, 0.717) is 6.04 Å². The van der Waals surface area contributed by atoms with Gasteiger partial charge in [-0.05, 0) is 24.5 Å². The minimum absolute atomic E-state index is 0.0774. The predicted molar refractivity (Wildman–Crippen MR) is 50.1 cm³/mol. The number of aliphatic hydroxyl groups excluding tert-OH is 1. The first-order valence-corrected chi connectivity index (χ1v) is 4.65. The van der Waals surface area contributed by atoms with Gasteiger partial charge in [-0.15, -0.1) is 0 Å². The number of pyridine rings is 1. The molecular formula is C10H14N2O. The third-order valence-electron chi connectivity index (χ3n) is 2.43. The van der Waals surface area contributed by atoms with Crippen LogP contribution in [0.3, 0.4) is 0 Å². The van der Waals surface area contributed by atoms with Crippen LogP contribution < -0.4 is 5.32 Å². The maximum Gasteiger partial charge on any atom is 0.0570 e. The Labute approximate surface area is 77.8 Å². The molecule has 1 aromatic rings. The number of nitrogens with one attached hydrogen (secondary N) is 1. The van der Waals surface area contributed by atoms with E-state index < -0.39 is 0 Å². The van der Waals surface area contributed by atoms with E-state index in [9.17, 15) is 0 Å². The molecule has 1 heterocycles. The number of hydrogen-bond acceptors (Lipinski definition) is 3. The van der Waals surface area contributed by atoms with Gasteiger partial charge in [-0.1, -0.05) is 6.07 Å². The number of aromatic nitrogens is 1. The SMILES string of the molecule is OC1CC(NCc2cccnc2)C1. The van der Waals surface area contributed by atoms with Crippen LogP contribution in [0.25, 0.3) is 0 Å². The molecule has 1 aliphatic carbocycles. The molecule has 3 heteroatoms. The van der Waals surface area contributed by atoms with Gasteiger partial charge < -0.3 is 10.4 Å². The van der Waals surface area contributed by atoms with Crippen molar-refractivity contribution in [3.05, 3.63) is 30.1 Å². The van der Waals surface area contributed by atoms with Gasteiger partial charge in [0.15, 0.2) is 0 Å². The molecule has 3 nitrogen and oxygen atoms in total. The Balaban J connectivity index is 1.74. The highest BCUT2D eigenvalue weighted by molar-refractivity contribution is 5.08. The summed E-state index contributed by atoms with van der Waals surface area (Å²) in [6.45, 7) is 0.852. The van der Waals surface area contributed by atoms with E-state index in [0.717, 1.165) is 19.4 Å². The van der Waals surface area contributed by atoms with Crippen molar-refractivity contribution in [3.8, 4) is 0 Å². The van der Waals surface area contributed by atoms with Crippen molar-refractivity contribution in [2.45, 2.75) is 31.5 Å². The van der Waals surface area contributed by atoms with Gasteiger partial charge >= 0.3 is 0 Å². The quantitative estimate of drug-likeness (QED) is 0.716. The first-order valence-electron chi connectivity index (χ1n) is 4.65. The van der Waals surface area contributed by atoms with E-state index in [1.165, 1.54) is 5.56 Å². The van der Waals surface area contributed by atoms with E-state index in [1.54, 1.807) is 6.20 Å². The number of aliphatic hydroxyl groups is 1. The molecule has 0 unspecified atom stereocenters. The lowest BCUT2D eigenvalue weighted by Crippen LogP contribution is -2.43. The Morgan fingerprint density at radius 3 is 3.00 bits per heavy atom. The van der Waals surface area contributed by atoms with Gasteiger partial charge in [0.25, 0.3) is 0 Å². The normalized spacial score (nSPS) is 26.8. The molecule has 0 amide bonds. The van der Waals surface area contributed by atoms with Crippen molar-refractivity contribution in [1.82, 2.24) is 10.3 Å². The van der Waals surface area contributed by atoms with Crippen LogP contribution in [-0.4, -0.2) is 22.2 Å². The van der Waals surface area contributed by atoms with Crippen molar-refractivity contribution < 1.29 is 5.11 Å². The second kappa shape index (κ2) is 3.85. The molecule has 0 aromatic carbocycles. The van der Waals surface area contributed by atoms with Crippen LogP contribution >= 0.6 is 0 Å². The molecule has 0 bridgehead atoms. The summed E-state index contributed by atoms with van der Waals surface area (Å²) in [6, 6.07) is 4.48. The fraction of sp³-hybridized carbons (Fsp3) is 0.500. The monoisotopic (exact) mass is 178 g/mol. The van der Waals surface area contributed by atoms with Gasteiger partial charge in [0, 0.05) is 25.0 Å². The summed E-state index contributed by atoms with van der Waals surface area (Å²) in [6.07, 6.45) is 5.34. The van der Waals surface area contributed by atoms with E-state index in [1.807, 2.05) is 12.3 Å². The van der Waals surface area contributed by atoms with Crippen molar-refractivity contribution in [2.24, 2.45) is 0 Å². The maximum absolute atomic E-state index is 9.06. The average Bonchev–Trinajstić information content (AvgIpc) is 2.12. The van der Waals surface area contributed by atoms with Crippen molar-refractivity contribution in [2.75, 3.05) is 0 Å². The highest BCUT2D eigenvalue weighted by atomic mass is 16.3. The summed E-state index contributed by atoms with van der Waals surface area (Å²) in [5, 5.41) is 12.4. The summed E-state index contributed by atoms with van der Waals surface area (Å²) >= 11 is 0. The third-order valence-corrected chi connectivity index (χ3v) is 2.43. The minimum Gasteiger partial charge on any atom is -0.393 e. The number of rotatable bonds is 3. The summed E-state index contributed by atoms with van der Waals surface area (Å²) in [7, 11) is 0. The van der Waals surface area contributed by atoms with Crippen molar-refractivity contribution >= 4 is 0 Å². The lowest BCUT2D eigenvalue weighted by Gasteiger charge is -2.32. The smallest absolute Gasteiger partial charge is 0.0570 e. The standard InChI is InChI=1S/C10H14N2O/c13-10-4-9(5-10)12-7-8-2-1-3-11-6-8/h1-3,6,9-10,12-13H,4-5,7H2. The highest BCUT2D eigenvalue weighted by Gasteiger charge is 2.26. The van der Waals surface area contributed by atoms with Crippen LogP contribution in [0.15, 0.2) is 24.5 Å². The number of hydrogen-bond donors (Lipinski definition) is 2. The zero-order valence-corrected chi connectivity index (χ0v) is 7.48. The largest absolute Gasteiger partial charge is 0.393 e. The first-order chi connectivity index (χ1) is 6.34. The second-order valence-electron chi connectivity index (χ2n) is 3.56. The van der Waals surface area contributed by atoms with Gasteiger partial charge in [0.05, 0.1) is 6.10 Å². The fourth-order valence-corrected chi connectivity index (χ4v) is 1.52. The Morgan fingerprint density at radius 2 is 2.38 bits per heavy atom. The zero-order valence-electron chi connectivity index (χ0n) is 7.48. The summed E-state index contributed by atoms with van der Waals surface area (Å²) in [4.78, 5) is 4.03. The van der Waals surface area contributed by atoms with Crippen LogP contribution in [0.4, 0.5) is 0 Å². The van der Waals surface area contributed by atoms with Crippen LogP contribution in [0, 0.1) is 0 Å². The molecule has 1 aliphatic rings. The van der Waals surface area contributed by atoms with Crippen LogP contribution in [0.2, 0.25) is 0 Å². The van der Waals surface area contributed by atoms with E-state index in [4.69, 9.17) is 5.11 Å².